The first kappa shape index (κ1) is 13.3. The Labute approximate surface area is 122 Å². The van der Waals surface area contributed by atoms with Crippen LogP contribution in [0.4, 0.5) is 11.4 Å². The number of carbonyl (C=O) groups is 1. The number of nitrogens with two attached hydrogens (primary N) is 1. The topological polar surface area (TPSA) is 73.6 Å². The summed E-state index contributed by atoms with van der Waals surface area (Å²) in [6, 6.07) is 10.6. The van der Waals surface area contributed by atoms with Crippen LogP contribution in [0.5, 0.6) is 11.5 Å². The summed E-state index contributed by atoms with van der Waals surface area (Å²) in [5.74, 6) is 1.17. The number of rotatable bonds is 2. The highest BCUT2D eigenvalue weighted by atomic mass is 16.6. The fraction of sp³-hybridized carbons (Fsp3) is 0.188. The molecule has 2 aromatic rings. The van der Waals surface area contributed by atoms with Crippen molar-refractivity contribution in [3.63, 3.8) is 0 Å². The molecule has 5 heteroatoms. The van der Waals surface area contributed by atoms with Crippen LogP contribution < -0.4 is 20.5 Å². The normalized spacial score (nSPS) is 12.8. The van der Waals surface area contributed by atoms with Crippen LogP contribution in [0.3, 0.4) is 0 Å². The van der Waals surface area contributed by atoms with Gasteiger partial charge in [-0.25, -0.2) is 0 Å². The lowest BCUT2D eigenvalue weighted by molar-refractivity contribution is 0.102. The van der Waals surface area contributed by atoms with Crippen LogP contribution in [-0.2, 0) is 0 Å². The SMILES string of the molecule is Cc1cc(N)ccc1C(=O)Nc1ccc2c(c1)OCCO2. The summed E-state index contributed by atoms with van der Waals surface area (Å²) in [6.45, 7) is 2.92. The lowest BCUT2D eigenvalue weighted by atomic mass is 10.1. The molecule has 2 aromatic carbocycles. The Bertz CT molecular complexity index is 698. The Morgan fingerprint density at radius 3 is 2.62 bits per heavy atom. The monoisotopic (exact) mass is 284 g/mol. The number of amides is 1. The molecule has 1 amide bonds. The van der Waals surface area contributed by atoms with E-state index in [1.807, 2.05) is 6.92 Å². The van der Waals surface area contributed by atoms with E-state index in [0.29, 0.717) is 41.7 Å². The average Bonchev–Trinajstić information content (AvgIpc) is 2.47. The highest BCUT2D eigenvalue weighted by Crippen LogP contribution is 2.32. The van der Waals surface area contributed by atoms with Gasteiger partial charge in [0.2, 0.25) is 0 Å². The summed E-state index contributed by atoms with van der Waals surface area (Å²) < 4.78 is 10.9. The Hall–Kier alpha value is -2.69. The molecule has 0 radical (unpaired) electrons. The number of ether oxygens (including phenoxy) is 2. The first-order valence-corrected chi connectivity index (χ1v) is 6.70. The predicted octanol–water partition coefficient (Wildman–Crippen LogP) is 2.60. The third kappa shape index (κ3) is 2.76. The highest BCUT2D eigenvalue weighted by molar-refractivity contribution is 6.05. The van der Waals surface area contributed by atoms with Crippen LogP contribution in [0.25, 0.3) is 0 Å². The molecule has 0 aliphatic carbocycles. The number of nitrogens with one attached hydrogen (secondary N) is 1. The molecule has 0 spiro atoms. The molecule has 0 bridgehead atoms. The van der Waals surface area contributed by atoms with E-state index >= 15 is 0 Å². The van der Waals surface area contributed by atoms with E-state index in [2.05, 4.69) is 5.32 Å². The van der Waals surface area contributed by atoms with Crippen molar-refractivity contribution in [3.8, 4) is 11.5 Å². The molecule has 5 nitrogen and oxygen atoms in total. The summed E-state index contributed by atoms with van der Waals surface area (Å²) in [4.78, 5) is 12.3. The van der Waals surface area contributed by atoms with Gasteiger partial charge in [-0.2, -0.15) is 0 Å². The fourth-order valence-corrected chi connectivity index (χ4v) is 2.26. The van der Waals surface area contributed by atoms with Crippen LogP contribution in [0.1, 0.15) is 15.9 Å². The first-order chi connectivity index (χ1) is 10.1. The molecule has 0 atom stereocenters. The Morgan fingerprint density at radius 1 is 1.10 bits per heavy atom. The number of hydrogen-bond donors (Lipinski definition) is 2. The molecule has 108 valence electrons. The quantitative estimate of drug-likeness (QED) is 0.831. The fourth-order valence-electron chi connectivity index (χ4n) is 2.26. The smallest absolute Gasteiger partial charge is 0.255 e. The van der Waals surface area contributed by atoms with Crippen molar-refractivity contribution in [2.24, 2.45) is 0 Å². The van der Waals surface area contributed by atoms with Gasteiger partial charge in [-0.15, -0.1) is 0 Å². The molecule has 1 aliphatic rings. The Morgan fingerprint density at radius 2 is 1.86 bits per heavy atom. The largest absolute Gasteiger partial charge is 0.486 e. The molecule has 3 rings (SSSR count). The average molecular weight is 284 g/mol. The Balaban J connectivity index is 1.81. The molecule has 21 heavy (non-hydrogen) atoms. The molecular formula is C16H16N2O3. The second kappa shape index (κ2) is 5.36. The molecule has 3 N–H and O–H groups in total. The molecule has 0 aromatic heterocycles. The van der Waals surface area contributed by atoms with Gasteiger partial charge in [-0.05, 0) is 42.8 Å². The number of nitrogen functional groups attached to an aromatic ring is 1. The second-order valence-electron chi connectivity index (χ2n) is 4.89. The zero-order valence-electron chi connectivity index (χ0n) is 11.7. The number of aryl methyl sites for hydroxylation is 1. The molecule has 0 fully saturated rings. The third-order valence-electron chi connectivity index (χ3n) is 3.30. The van der Waals surface area contributed by atoms with E-state index in [9.17, 15) is 4.79 Å². The number of anilines is 2. The van der Waals surface area contributed by atoms with E-state index in [-0.39, 0.29) is 5.91 Å². The molecule has 0 saturated carbocycles. The van der Waals surface area contributed by atoms with Crippen LogP contribution in [0.15, 0.2) is 36.4 Å². The maximum absolute atomic E-state index is 12.3. The van der Waals surface area contributed by atoms with Gasteiger partial charge in [0, 0.05) is 23.0 Å². The first-order valence-electron chi connectivity index (χ1n) is 6.70. The number of fused-ring (bicyclic) bond motifs is 1. The number of carbonyl (C=O) groups excluding carboxylic acids is 1. The van der Waals surface area contributed by atoms with Crippen molar-refractivity contribution in [2.75, 3.05) is 24.3 Å². The minimum atomic E-state index is -0.177. The highest BCUT2D eigenvalue weighted by Gasteiger charge is 2.14. The minimum Gasteiger partial charge on any atom is -0.486 e. The second-order valence-corrected chi connectivity index (χ2v) is 4.89. The van der Waals surface area contributed by atoms with Gasteiger partial charge in [-0.1, -0.05) is 0 Å². The lowest BCUT2D eigenvalue weighted by Crippen LogP contribution is -2.17. The van der Waals surface area contributed by atoms with Crippen molar-refractivity contribution in [3.05, 3.63) is 47.5 Å². The maximum Gasteiger partial charge on any atom is 0.255 e. The molecular weight excluding hydrogens is 268 g/mol. The zero-order chi connectivity index (χ0) is 14.8. The van der Waals surface area contributed by atoms with Crippen LogP contribution in [-0.4, -0.2) is 19.1 Å². The summed E-state index contributed by atoms with van der Waals surface area (Å²) in [6.07, 6.45) is 0. The molecule has 0 saturated heterocycles. The van der Waals surface area contributed by atoms with Gasteiger partial charge in [0.15, 0.2) is 11.5 Å². The molecule has 1 heterocycles. The number of benzene rings is 2. The van der Waals surface area contributed by atoms with Crippen LogP contribution in [0, 0.1) is 6.92 Å². The van der Waals surface area contributed by atoms with Gasteiger partial charge in [-0.3, -0.25) is 4.79 Å². The van der Waals surface area contributed by atoms with E-state index < -0.39 is 0 Å². The third-order valence-corrected chi connectivity index (χ3v) is 3.30. The standard InChI is InChI=1S/C16H16N2O3/c1-10-8-11(17)2-4-13(10)16(19)18-12-3-5-14-15(9-12)21-7-6-20-14/h2-5,8-9H,6-7,17H2,1H3,(H,18,19). The van der Waals surface area contributed by atoms with Crippen molar-refractivity contribution in [1.82, 2.24) is 0 Å². The molecule has 1 aliphatic heterocycles. The summed E-state index contributed by atoms with van der Waals surface area (Å²) in [7, 11) is 0. The summed E-state index contributed by atoms with van der Waals surface area (Å²) in [5, 5.41) is 2.85. The minimum absolute atomic E-state index is 0.177. The number of hydrogen-bond acceptors (Lipinski definition) is 4. The van der Waals surface area contributed by atoms with Crippen molar-refractivity contribution in [1.29, 1.82) is 0 Å². The molecule has 0 unspecified atom stereocenters. The van der Waals surface area contributed by atoms with E-state index in [0.717, 1.165) is 5.56 Å². The van der Waals surface area contributed by atoms with Gasteiger partial charge >= 0.3 is 0 Å². The summed E-state index contributed by atoms with van der Waals surface area (Å²) >= 11 is 0. The van der Waals surface area contributed by atoms with Gasteiger partial charge in [0.05, 0.1) is 0 Å². The van der Waals surface area contributed by atoms with Crippen LogP contribution >= 0.6 is 0 Å². The zero-order valence-corrected chi connectivity index (χ0v) is 11.7. The Kier molecular flexibility index (Phi) is 3.39. The van der Waals surface area contributed by atoms with Gasteiger partial charge in [0.1, 0.15) is 13.2 Å². The van der Waals surface area contributed by atoms with Gasteiger partial charge < -0.3 is 20.5 Å². The van der Waals surface area contributed by atoms with Crippen LogP contribution in [0.2, 0.25) is 0 Å². The van der Waals surface area contributed by atoms with E-state index in [1.54, 1.807) is 36.4 Å². The predicted molar refractivity (Wildman–Crippen MR) is 81.0 cm³/mol. The lowest BCUT2D eigenvalue weighted by Gasteiger charge is -2.19. The van der Waals surface area contributed by atoms with Gasteiger partial charge in [0.25, 0.3) is 5.91 Å². The van der Waals surface area contributed by atoms with E-state index in [1.165, 1.54) is 0 Å². The maximum atomic E-state index is 12.3. The van der Waals surface area contributed by atoms with Crippen molar-refractivity contribution in [2.45, 2.75) is 6.92 Å². The van der Waals surface area contributed by atoms with Crippen molar-refractivity contribution >= 4 is 17.3 Å². The summed E-state index contributed by atoms with van der Waals surface area (Å²) in [5.41, 5.74) is 8.44. The van der Waals surface area contributed by atoms with E-state index in [4.69, 9.17) is 15.2 Å². The van der Waals surface area contributed by atoms with Crippen molar-refractivity contribution < 1.29 is 14.3 Å².